The number of nitrogens with two attached hydrogens (primary N) is 1. The maximum atomic E-state index is 9.92. The summed E-state index contributed by atoms with van der Waals surface area (Å²) < 4.78 is 9.46. The number of aromatic nitrogens is 4. The first kappa shape index (κ1) is 18.7. The number of hydrogen-bond acceptors (Lipinski definition) is 5. The molecule has 31 heavy (non-hydrogen) atoms. The zero-order chi connectivity index (χ0) is 21.5. The Morgan fingerprint density at radius 1 is 1.10 bits per heavy atom. The van der Waals surface area contributed by atoms with Crippen LogP contribution in [-0.4, -0.2) is 19.3 Å². The third kappa shape index (κ3) is 3.06. The fourth-order valence-electron chi connectivity index (χ4n) is 3.98. The average Bonchev–Trinajstić information content (AvgIpc) is 3.42. The highest BCUT2D eigenvalue weighted by Crippen LogP contribution is 2.46. The molecule has 1 aliphatic heterocycles. The summed E-state index contributed by atoms with van der Waals surface area (Å²) in [6.07, 6.45) is 5.37. The zero-order valence-corrected chi connectivity index (χ0v) is 17.1. The van der Waals surface area contributed by atoms with Crippen LogP contribution in [0.2, 0.25) is 0 Å². The molecule has 0 radical (unpaired) electrons. The highest BCUT2D eigenvalue weighted by molar-refractivity contribution is 5.71. The predicted octanol–water partition coefficient (Wildman–Crippen LogP) is 3.80. The van der Waals surface area contributed by atoms with Crippen LogP contribution in [0.5, 0.6) is 5.88 Å². The molecule has 7 heteroatoms. The van der Waals surface area contributed by atoms with Gasteiger partial charge < -0.3 is 15.0 Å². The first-order valence-electron chi connectivity index (χ1n) is 9.86. The summed E-state index contributed by atoms with van der Waals surface area (Å²) in [6.45, 7) is 2.04. The third-order valence-electron chi connectivity index (χ3n) is 5.55. The molecule has 2 N–H and O–H groups in total. The van der Waals surface area contributed by atoms with Crippen molar-refractivity contribution >= 4 is 0 Å². The second-order valence-electron chi connectivity index (χ2n) is 7.54. The van der Waals surface area contributed by atoms with E-state index in [-0.39, 0.29) is 11.8 Å². The van der Waals surface area contributed by atoms with Crippen molar-refractivity contribution in [2.75, 3.05) is 0 Å². The number of benzene rings is 2. The molecule has 1 aliphatic rings. The highest BCUT2D eigenvalue weighted by atomic mass is 16.5. The van der Waals surface area contributed by atoms with Gasteiger partial charge in [-0.15, -0.1) is 0 Å². The summed E-state index contributed by atoms with van der Waals surface area (Å²) in [7, 11) is 1.82. The maximum absolute atomic E-state index is 9.92. The van der Waals surface area contributed by atoms with Crippen molar-refractivity contribution in [3.8, 4) is 28.9 Å². The van der Waals surface area contributed by atoms with Gasteiger partial charge in [-0.25, -0.2) is 9.67 Å². The maximum Gasteiger partial charge on any atom is 0.224 e. The molecule has 152 valence electrons. The van der Waals surface area contributed by atoms with E-state index in [2.05, 4.69) is 11.1 Å². The molecule has 2 aromatic heterocycles. The highest BCUT2D eigenvalue weighted by Gasteiger charge is 2.36. The first-order valence-corrected chi connectivity index (χ1v) is 9.86. The van der Waals surface area contributed by atoms with Gasteiger partial charge in [0.25, 0.3) is 0 Å². The zero-order valence-electron chi connectivity index (χ0n) is 17.1. The second-order valence-corrected chi connectivity index (χ2v) is 7.54. The van der Waals surface area contributed by atoms with Crippen molar-refractivity contribution in [3.05, 3.63) is 95.4 Å². The molecule has 7 nitrogen and oxygen atoms in total. The van der Waals surface area contributed by atoms with Gasteiger partial charge in [0.2, 0.25) is 11.8 Å². The molecule has 0 amide bonds. The topological polar surface area (TPSA) is 94.7 Å². The number of rotatable bonds is 3. The average molecular weight is 408 g/mol. The van der Waals surface area contributed by atoms with Gasteiger partial charge in [0.1, 0.15) is 17.3 Å². The van der Waals surface area contributed by atoms with Crippen molar-refractivity contribution in [2.24, 2.45) is 12.8 Å². The van der Waals surface area contributed by atoms with Gasteiger partial charge in [0.05, 0.1) is 17.8 Å². The molecule has 0 spiro atoms. The van der Waals surface area contributed by atoms with Gasteiger partial charge in [-0.1, -0.05) is 42.0 Å². The van der Waals surface area contributed by atoms with Gasteiger partial charge in [-0.3, -0.25) is 0 Å². The summed E-state index contributed by atoms with van der Waals surface area (Å²) in [5, 5.41) is 14.6. The summed E-state index contributed by atoms with van der Waals surface area (Å²) in [5.74, 6) is 0.281. The molecule has 0 aliphatic carbocycles. The van der Waals surface area contributed by atoms with Crippen LogP contribution in [0, 0.1) is 18.3 Å². The van der Waals surface area contributed by atoms with Crippen LogP contribution < -0.4 is 10.5 Å². The Labute approximate surface area is 179 Å². The van der Waals surface area contributed by atoms with Crippen LogP contribution >= 0.6 is 0 Å². The molecule has 0 fully saturated rings. The van der Waals surface area contributed by atoms with E-state index in [1.54, 1.807) is 17.2 Å². The first-order chi connectivity index (χ1) is 15.1. The van der Waals surface area contributed by atoms with Crippen LogP contribution in [0.25, 0.3) is 16.9 Å². The molecule has 0 saturated carbocycles. The fraction of sp³-hybridized carbons (Fsp3) is 0.125. The van der Waals surface area contributed by atoms with Gasteiger partial charge in [0.15, 0.2) is 0 Å². The minimum atomic E-state index is -0.379. The minimum Gasteiger partial charge on any atom is -0.422 e. The SMILES string of the molecule is Cc1ccc(-c2nn(C)c3c2C(c2ccc(-n4ccnc4)cc2)C(C#N)=C(N)O3)cc1. The molecule has 0 saturated heterocycles. The lowest BCUT2D eigenvalue weighted by Gasteiger charge is -2.25. The Bertz CT molecular complexity index is 1320. The van der Waals surface area contributed by atoms with Crippen LogP contribution in [0.4, 0.5) is 0 Å². The Morgan fingerprint density at radius 3 is 2.48 bits per heavy atom. The summed E-state index contributed by atoms with van der Waals surface area (Å²) >= 11 is 0. The van der Waals surface area contributed by atoms with E-state index in [0.717, 1.165) is 28.1 Å². The fourth-order valence-corrected chi connectivity index (χ4v) is 3.98. The van der Waals surface area contributed by atoms with Crippen molar-refractivity contribution in [3.63, 3.8) is 0 Å². The lowest BCUT2D eigenvalue weighted by molar-refractivity contribution is 0.358. The van der Waals surface area contributed by atoms with Crippen LogP contribution in [0.15, 0.2) is 78.7 Å². The molecular weight excluding hydrogens is 388 g/mol. The van der Waals surface area contributed by atoms with Crippen LogP contribution in [0.3, 0.4) is 0 Å². The molecule has 5 rings (SSSR count). The summed E-state index contributed by atoms with van der Waals surface area (Å²) in [5.41, 5.74) is 12.2. The van der Waals surface area contributed by atoms with Gasteiger partial charge >= 0.3 is 0 Å². The van der Waals surface area contributed by atoms with Crippen molar-refractivity contribution in [1.82, 2.24) is 19.3 Å². The third-order valence-corrected chi connectivity index (χ3v) is 5.55. The van der Waals surface area contributed by atoms with Gasteiger partial charge in [-0.2, -0.15) is 10.4 Å². The lowest BCUT2D eigenvalue weighted by Crippen LogP contribution is -2.21. The van der Waals surface area contributed by atoms with E-state index in [0.29, 0.717) is 11.5 Å². The number of imidazole rings is 1. The molecule has 0 bridgehead atoms. The summed E-state index contributed by atoms with van der Waals surface area (Å²) in [4.78, 5) is 4.10. The second kappa shape index (κ2) is 7.18. The molecule has 1 unspecified atom stereocenters. The number of hydrogen-bond donors (Lipinski definition) is 1. The largest absolute Gasteiger partial charge is 0.422 e. The minimum absolute atomic E-state index is 0.108. The molecule has 3 heterocycles. The molecule has 2 aromatic carbocycles. The van der Waals surface area contributed by atoms with E-state index in [1.165, 1.54) is 5.56 Å². The predicted molar refractivity (Wildman–Crippen MR) is 116 cm³/mol. The molecular formula is C24H20N6O. The molecule has 1 atom stereocenters. The van der Waals surface area contributed by atoms with E-state index in [4.69, 9.17) is 15.6 Å². The normalized spacial score (nSPS) is 15.3. The van der Waals surface area contributed by atoms with E-state index in [1.807, 2.05) is 73.3 Å². The van der Waals surface area contributed by atoms with Crippen molar-refractivity contribution in [2.45, 2.75) is 12.8 Å². The van der Waals surface area contributed by atoms with E-state index < -0.39 is 0 Å². The smallest absolute Gasteiger partial charge is 0.224 e. The number of aryl methyl sites for hydroxylation is 2. The number of nitriles is 1. The van der Waals surface area contributed by atoms with Crippen LogP contribution in [0.1, 0.15) is 22.6 Å². The van der Waals surface area contributed by atoms with Crippen molar-refractivity contribution in [1.29, 1.82) is 5.26 Å². The lowest BCUT2D eigenvalue weighted by atomic mass is 9.83. The Balaban J connectivity index is 1.68. The van der Waals surface area contributed by atoms with Crippen LogP contribution in [-0.2, 0) is 7.05 Å². The van der Waals surface area contributed by atoms with E-state index >= 15 is 0 Å². The Hall–Kier alpha value is -4.31. The Kier molecular flexibility index (Phi) is 4.33. The number of ether oxygens (including phenoxy) is 1. The Morgan fingerprint density at radius 2 is 1.84 bits per heavy atom. The monoisotopic (exact) mass is 408 g/mol. The molecule has 4 aromatic rings. The van der Waals surface area contributed by atoms with Gasteiger partial charge in [-0.05, 0) is 24.6 Å². The van der Waals surface area contributed by atoms with E-state index in [9.17, 15) is 5.26 Å². The summed E-state index contributed by atoms with van der Waals surface area (Å²) in [6, 6.07) is 18.4. The number of nitrogens with zero attached hydrogens (tertiary/aromatic N) is 5. The quantitative estimate of drug-likeness (QED) is 0.556. The van der Waals surface area contributed by atoms with Crippen molar-refractivity contribution < 1.29 is 4.74 Å². The standard InChI is InChI=1S/C24H20N6O/c1-15-3-5-17(6-4-15)22-21-20(19(13-25)23(26)31-24(21)29(2)28-22)16-7-9-18(10-8-16)30-12-11-27-14-30/h3-12,14,20H,26H2,1-2H3. The number of allylic oxidation sites excluding steroid dienone is 1. The number of fused-ring (bicyclic) bond motifs is 1. The van der Waals surface area contributed by atoms with Gasteiger partial charge in [0, 0.05) is 30.7 Å².